The number of carboxylic acid groups (broad SMARTS) is 1. The Labute approximate surface area is 109 Å². The van der Waals surface area contributed by atoms with Crippen LogP contribution < -0.4 is 10.2 Å². The Morgan fingerprint density at radius 3 is 2.05 bits per heavy atom. The molecule has 2 rings (SSSR count). The number of carboxylic acids is 1. The van der Waals surface area contributed by atoms with Crippen LogP contribution in [0.4, 0.5) is 27.6 Å². The Hall–Kier alpha value is -1.90. The fourth-order valence-electron chi connectivity index (χ4n) is 2.04. The average molecular weight is 296 g/mol. The number of anilines is 1. The van der Waals surface area contributed by atoms with Crippen LogP contribution in [-0.4, -0.2) is 36.8 Å². The van der Waals surface area contributed by atoms with Crippen LogP contribution in [0.25, 0.3) is 0 Å². The number of hydrogen-bond donors (Lipinski definition) is 2. The second-order valence-corrected chi connectivity index (χ2v) is 4.17. The molecule has 0 amide bonds. The van der Waals surface area contributed by atoms with Crippen molar-refractivity contribution >= 4 is 11.7 Å². The van der Waals surface area contributed by atoms with Crippen LogP contribution in [0.2, 0.25) is 0 Å². The summed E-state index contributed by atoms with van der Waals surface area (Å²) in [4.78, 5) is 11.7. The van der Waals surface area contributed by atoms with Crippen LogP contribution >= 0.6 is 0 Å². The molecule has 0 aromatic heterocycles. The molecule has 1 aliphatic rings. The van der Waals surface area contributed by atoms with E-state index >= 15 is 0 Å². The predicted molar refractivity (Wildman–Crippen MR) is 57.9 cm³/mol. The number of halogens is 5. The fraction of sp³-hybridized carbons (Fsp3) is 0.364. The molecule has 2 N–H and O–H groups in total. The lowest BCUT2D eigenvalue weighted by Crippen LogP contribution is -2.55. The minimum Gasteiger partial charge on any atom is -0.480 e. The Morgan fingerprint density at radius 2 is 1.55 bits per heavy atom. The van der Waals surface area contributed by atoms with Crippen molar-refractivity contribution in [3.63, 3.8) is 0 Å². The second-order valence-electron chi connectivity index (χ2n) is 4.17. The smallest absolute Gasteiger partial charge is 0.327 e. The highest BCUT2D eigenvalue weighted by Gasteiger charge is 2.36. The molecule has 1 unspecified atom stereocenters. The Bertz CT molecular complexity index is 537. The van der Waals surface area contributed by atoms with E-state index in [4.69, 9.17) is 5.11 Å². The first kappa shape index (κ1) is 14.5. The van der Waals surface area contributed by atoms with E-state index in [1.807, 2.05) is 0 Å². The Morgan fingerprint density at radius 1 is 1.05 bits per heavy atom. The normalized spacial score (nSPS) is 19.2. The van der Waals surface area contributed by atoms with Gasteiger partial charge in [0.15, 0.2) is 23.3 Å². The van der Waals surface area contributed by atoms with Gasteiger partial charge in [0.05, 0.1) is 0 Å². The number of benzene rings is 1. The molecule has 110 valence electrons. The molecular weight excluding hydrogens is 287 g/mol. The summed E-state index contributed by atoms with van der Waals surface area (Å²) in [6.07, 6.45) is 0. The Balaban J connectivity index is 2.59. The van der Waals surface area contributed by atoms with Crippen LogP contribution in [0.3, 0.4) is 0 Å². The molecule has 1 saturated heterocycles. The minimum atomic E-state index is -2.27. The molecule has 1 atom stereocenters. The number of nitrogens with one attached hydrogen (secondary N) is 1. The Kier molecular flexibility index (Phi) is 3.80. The van der Waals surface area contributed by atoms with Crippen molar-refractivity contribution < 1.29 is 31.9 Å². The van der Waals surface area contributed by atoms with Crippen molar-refractivity contribution in [2.75, 3.05) is 24.5 Å². The zero-order valence-corrected chi connectivity index (χ0v) is 9.89. The first-order chi connectivity index (χ1) is 9.36. The zero-order chi connectivity index (χ0) is 15.0. The van der Waals surface area contributed by atoms with Gasteiger partial charge in [0.1, 0.15) is 11.7 Å². The van der Waals surface area contributed by atoms with Crippen LogP contribution in [0.1, 0.15) is 0 Å². The lowest BCUT2D eigenvalue weighted by atomic mass is 10.1. The molecule has 1 aliphatic heterocycles. The molecule has 20 heavy (non-hydrogen) atoms. The van der Waals surface area contributed by atoms with Crippen molar-refractivity contribution in [1.82, 2.24) is 5.32 Å². The monoisotopic (exact) mass is 296 g/mol. The highest BCUT2D eigenvalue weighted by Crippen LogP contribution is 2.31. The van der Waals surface area contributed by atoms with E-state index in [0.29, 0.717) is 4.90 Å². The number of rotatable bonds is 2. The third kappa shape index (κ3) is 2.17. The maximum atomic E-state index is 13.6. The highest BCUT2D eigenvalue weighted by atomic mass is 19.2. The predicted octanol–water partition coefficient (Wildman–Crippen LogP) is 1.24. The molecule has 1 fully saturated rings. The van der Waals surface area contributed by atoms with Gasteiger partial charge < -0.3 is 15.3 Å². The summed E-state index contributed by atoms with van der Waals surface area (Å²) in [6.45, 7) is -0.215. The molecule has 1 aromatic carbocycles. The molecule has 0 bridgehead atoms. The van der Waals surface area contributed by atoms with Gasteiger partial charge >= 0.3 is 5.97 Å². The van der Waals surface area contributed by atoms with E-state index < -0.39 is 46.8 Å². The fourth-order valence-corrected chi connectivity index (χ4v) is 2.04. The van der Waals surface area contributed by atoms with Gasteiger partial charge in [-0.25, -0.2) is 26.7 Å². The molecular formula is C11H9F5N2O2. The van der Waals surface area contributed by atoms with Crippen LogP contribution in [0.5, 0.6) is 0 Å². The molecule has 0 aliphatic carbocycles. The van der Waals surface area contributed by atoms with Crippen molar-refractivity contribution in [1.29, 1.82) is 0 Å². The molecule has 0 saturated carbocycles. The third-order valence-electron chi connectivity index (χ3n) is 3.00. The summed E-state index contributed by atoms with van der Waals surface area (Å²) in [7, 11) is 0. The number of aliphatic carboxylic acids is 1. The van der Waals surface area contributed by atoms with Crippen molar-refractivity contribution in [3.05, 3.63) is 29.1 Å². The minimum absolute atomic E-state index is 0.156. The van der Waals surface area contributed by atoms with Gasteiger partial charge in [0, 0.05) is 19.6 Å². The lowest BCUT2D eigenvalue weighted by molar-refractivity contribution is -0.138. The van der Waals surface area contributed by atoms with Gasteiger partial charge in [-0.2, -0.15) is 0 Å². The van der Waals surface area contributed by atoms with E-state index in [1.54, 1.807) is 0 Å². The molecule has 1 heterocycles. The SMILES string of the molecule is O=C(O)C1CNCCN1c1c(F)c(F)c(F)c(F)c1F. The average Bonchev–Trinajstić information content (AvgIpc) is 2.43. The molecule has 1 aromatic rings. The van der Waals surface area contributed by atoms with Crippen LogP contribution in [0, 0.1) is 29.1 Å². The third-order valence-corrected chi connectivity index (χ3v) is 3.00. The van der Waals surface area contributed by atoms with E-state index in [1.165, 1.54) is 0 Å². The van der Waals surface area contributed by atoms with E-state index in [-0.39, 0.29) is 19.6 Å². The van der Waals surface area contributed by atoms with Gasteiger partial charge in [0.2, 0.25) is 5.82 Å². The summed E-state index contributed by atoms with van der Waals surface area (Å²) in [5.41, 5.74) is -1.21. The standard InChI is InChI=1S/C11H9F5N2O2/c12-5-6(13)8(15)10(9(16)7(5)14)18-2-1-17-3-4(18)11(19)20/h4,17H,1-3H2,(H,19,20). The lowest BCUT2D eigenvalue weighted by Gasteiger charge is -2.35. The van der Waals surface area contributed by atoms with E-state index in [9.17, 15) is 26.7 Å². The van der Waals surface area contributed by atoms with E-state index in [2.05, 4.69) is 5.32 Å². The topological polar surface area (TPSA) is 52.6 Å². The molecule has 9 heteroatoms. The van der Waals surface area contributed by atoms with Crippen molar-refractivity contribution in [2.45, 2.75) is 6.04 Å². The van der Waals surface area contributed by atoms with Crippen molar-refractivity contribution in [3.8, 4) is 0 Å². The number of hydrogen-bond acceptors (Lipinski definition) is 3. The van der Waals surface area contributed by atoms with Gasteiger partial charge in [-0.15, -0.1) is 0 Å². The summed E-state index contributed by atoms with van der Waals surface area (Å²) < 4.78 is 66.5. The maximum Gasteiger partial charge on any atom is 0.327 e. The largest absolute Gasteiger partial charge is 0.480 e. The number of nitrogens with zero attached hydrogens (tertiary/aromatic N) is 1. The van der Waals surface area contributed by atoms with Crippen LogP contribution in [0.15, 0.2) is 0 Å². The van der Waals surface area contributed by atoms with Gasteiger partial charge in [-0.1, -0.05) is 0 Å². The first-order valence-corrected chi connectivity index (χ1v) is 5.57. The molecule has 4 nitrogen and oxygen atoms in total. The summed E-state index contributed by atoms with van der Waals surface area (Å²) in [6, 6.07) is -1.42. The second kappa shape index (κ2) is 5.23. The molecule has 0 spiro atoms. The summed E-state index contributed by atoms with van der Waals surface area (Å²) in [5, 5.41) is 11.6. The van der Waals surface area contributed by atoms with Crippen molar-refractivity contribution in [2.24, 2.45) is 0 Å². The maximum absolute atomic E-state index is 13.6. The number of carbonyl (C=O) groups is 1. The molecule has 0 radical (unpaired) electrons. The summed E-state index contributed by atoms with van der Waals surface area (Å²) in [5.74, 6) is -12.0. The van der Waals surface area contributed by atoms with Gasteiger partial charge in [-0.3, -0.25) is 0 Å². The van der Waals surface area contributed by atoms with E-state index in [0.717, 1.165) is 0 Å². The zero-order valence-electron chi connectivity index (χ0n) is 9.89. The quantitative estimate of drug-likeness (QED) is 0.490. The summed E-state index contributed by atoms with van der Waals surface area (Å²) >= 11 is 0. The highest BCUT2D eigenvalue weighted by molar-refractivity contribution is 5.79. The van der Waals surface area contributed by atoms with Crippen LogP contribution in [-0.2, 0) is 4.79 Å². The van der Waals surface area contributed by atoms with Gasteiger partial charge in [0.25, 0.3) is 0 Å². The number of piperazine rings is 1. The van der Waals surface area contributed by atoms with Gasteiger partial charge in [-0.05, 0) is 0 Å². The first-order valence-electron chi connectivity index (χ1n) is 5.57.